The molecule has 0 amide bonds. The summed E-state index contributed by atoms with van der Waals surface area (Å²) >= 11 is 0. The molecule has 2 nitrogen and oxygen atoms in total. The molecule has 1 aromatic rings. The van der Waals surface area contributed by atoms with Crippen molar-refractivity contribution in [2.75, 3.05) is 18.0 Å². The van der Waals surface area contributed by atoms with Gasteiger partial charge >= 0.3 is 0 Å². The van der Waals surface area contributed by atoms with E-state index in [1.54, 1.807) is 0 Å². The molecule has 17 heavy (non-hydrogen) atoms. The highest BCUT2D eigenvalue weighted by Gasteiger charge is 2.30. The maximum Gasteiger partial charge on any atom is 0.128 e. The first-order chi connectivity index (χ1) is 7.87. The molecule has 0 spiro atoms. The van der Waals surface area contributed by atoms with Gasteiger partial charge < -0.3 is 10.2 Å². The number of hydrogen-bond acceptors (Lipinski definition) is 2. The molecule has 0 radical (unpaired) electrons. The molecular weight excluding hydrogens is 222 g/mol. The number of halogens is 2. The first-order valence-corrected chi connectivity index (χ1v) is 5.85. The topological polar surface area (TPSA) is 15.3 Å². The molecule has 0 aliphatic carbocycles. The second-order valence-electron chi connectivity index (χ2n) is 5.37. The third kappa shape index (κ3) is 2.75. The van der Waals surface area contributed by atoms with Crippen LogP contribution < -0.4 is 10.2 Å². The molecular formula is C13H18F2N2. The molecule has 4 heteroatoms. The summed E-state index contributed by atoms with van der Waals surface area (Å²) in [6, 6.07) is 3.91. The van der Waals surface area contributed by atoms with Crippen molar-refractivity contribution in [3.63, 3.8) is 0 Å². The van der Waals surface area contributed by atoms with Crippen LogP contribution >= 0.6 is 0 Å². The van der Waals surface area contributed by atoms with Crippen LogP contribution in [0.15, 0.2) is 18.2 Å². The molecule has 94 valence electrons. The molecule has 1 aliphatic rings. The number of benzene rings is 1. The SMILES string of the molecule is CC1CNC(C)(C)CN1c1cc(F)cc(F)c1. The molecule has 1 atom stereocenters. The molecule has 2 rings (SSSR count). The Balaban J connectivity index is 2.30. The highest BCUT2D eigenvalue weighted by molar-refractivity contribution is 5.49. The molecule has 0 saturated carbocycles. The molecule has 0 aromatic heterocycles. The van der Waals surface area contributed by atoms with Gasteiger partial charge in [-0.3, -0.25) is 0 Å². The number of rotatable bonds is 1. The van der Waals surface area contributed by atoms with Crippen molar-refractivity contribution in [3.05, 3.63) is 29.8 Å². The van der Waals surface area contributed by atoms with Crippen molar-refractivity contribution in [1.29, 1.82) is 0 Å². The van der Waals surface area contributed by atoms with Gasteiger partial charge in [-0.1, -0.05) is 0 Å². The number of anilines is 1. The van der Waals surface area contributed by atoms with Crippen LogP contribution in [0.5, 0.6) is 0 Å². The zero-order valence-electron chi connectivity index (χ0n) is 10.4. The van der Waals surface area contributed by atoms with Gasteiger partial charge in [-0.15, -0.1) is 0 Å². The quantitative estimate of drug-likeness (QED) is 0.811. The van der Waals surface area contributed by atoms with Crippen molar-refractivity contribution in [1.82, 2.24) is 5.32 Å². The number of piperazine rings is 1. The highest BCUT2D eigenvalue weighted by atomic mass is 19.1. The minimum absolute atomic E-state index is 0.0463. The van der Waals surface area contributed by atoms with Crippen molar-refractivity contribution in [3.8, 4) is 0 Å². The highest BCUT2D eigenvalue weighted by Crippen LogP contribution is 2.25. The Morgan fingerprint density at radius 2 is 1.82 bits per heavy atom. The largest absolute Gasteiger partial charge is 0.366 e. The zero-order chi connectivity index (χ0) is 12.6. The van der Waals surface area contributed by atoms with Crippen molar-refractivity contribution in [2.24, 2.45) is 0 Å². The molecule has 1 N–H and O–H groups in total. The molecule has 1 aromatic carbocycles. The predicted molar refractivity (Wildman–Crippen MR) is 65.2 cm³/mol. The van der Waals surface area contributed by atoms with Gasteiger partial charge in [-0.2, -0.15) is 0 Å². The van der Waals surface area contributed by atoms with Crippen LogP contribution in [0.2, 0.25) is 0 Å². The predicted octanol–water partition coefficient (Wildman–Crippen LogP) is 2.54. The van der Waals surface area contributed by atoms with Gasteiger partial charge in [-0.05, 0) is 32.9 Å². The Bertz CT molecular complexity index is 398. The van der Waals surface area contributed by atoms with Gasteiger partial charge in [0, 0.05) is 36.4 Å². The van der Waals surface area contributed by atoms with Gasteiger partial charge in [0.1, 0.15) is 11.6 Å². The lowest BCUT2D eigenvalue weighted by molar-refractivity contribution is 0.318. The Kier molecular flexibility index (Phi) is 3.08. The van der Waals surface area contributed by atoms with Crippen LogP contribution in [0.1, 0.15) is 20.8 Å². The summed E-state index contributed by atoms with van der Waals surface area (Å²) in [6.45, 7) is 7.76. The fourth-order valence-electron chi connectivity index (χ4n) is 2.22. The van der Waals surface area contributed by atoms with Gasteiger partial charge in [0.05, 0.1) is 0 Å². The van der Waals surface area contributed by atoms with E-state index in [0.29, 0.717) is 5.69 Å². The molecule has 1 aliphatic heterocycles. The Morgan fingerprint density at radius 1 is 1.24 bits per heavy atom. The molecule has 1 heterocycles. The lowest BCUT2D eigenvalue weighted by Gasteiger charge is -2.44. The van der Waals surface area contributed by atoms with Crippen LogP contribution in [-0.4, -0.2) is 24.7 Å². The average molecular weight is 240 g/mol. The van der Waals surface area contributed by atoms with E-state index in [1.165, 1.54) is 12.1 Å². The first kappa shape index (κ1) is 12.3. The Labute approximate surface area is 101 Å². The van der Waals surface area contributed by atoms with E-state index >= 15 is 0 Å². The smallest absolute Gasteiger partial charge is 0.128 e. The van der Waals surface area contributed by atoms with Crippen molar-refractivity contribution < 1.29 is 8.78 Å². The van der Waals surface area contributed by atoms with E-state index in [1.807, 2.05) is 11.8 Å². The summed E-state index contributed by atoms with van der Waals surface area (Å²) in [6.07, 6.45) is 0. The average Bonchev–Trinajstić information content (AvgIpc) is 2.20. The number of nitrogens with one attached hydrogen (secondary N) is 1. The van der Waals surface area contributed by atoms with Gasteiger partial charge in [0.25, 0.3) is 0 Å². The number of hydrogen-bond donors (Lipinski definition) is 1. The summed E-state index contributed by atoms with van der Waals surface area (Å²) < 4.78 is 26.4. The van der Waals surface area contributed by atoms with E-state index in [9.17, 15) is 8.78 Å². The van der Waals surface area contributed by atoms with E-state index < -0.39 is 11.6 Å². The van der Waals surface area contributed by atoms with E-state index in [2.05, 4.69) is 19.2 Å². The molecule has 1 unspecified atom stereocenters. The fraction of sp³-hybridized carbons (Fsp3) is 0.538. The third-order valence-electron chi connectivity index (χ3n) is 3.15. The second kappa shape index (κ2) is 4.26. The maximum atomic E-state index is 13.2. The van der Waals surface area contributed by atoms with Gasteiger partial charge in [-0.25, -0.2) is 8.78 Å². The Hall–Kier alpha value is -1.16. The molecule has 1 fully saturated rings. The van der Waals surface area contributed by atoms with Crippen molar-refractivity contribution >= 4 is 5.69 Å². The lowest BCUT2D eigenvalue weighted by Crippen LogP contribution is -2.61. The van der Waals surface area contributed by atoms with Crippen LogP contribution in [-0.2, 0) is 0 Å². The first-order valence-electron chi connectivity index (χ1n) is 5.85. The fourth-order valence-corrected chi connectivity index (χ4v) is 2.22. The minimum atomic E-state index is -0.525. The standard InChI is InChI=1S/C13H18F2N2/c1-9-7-16-13(2,3)8-17(9)12-5-10(14)4-11(15)6-12/h4-6,9,16H,7-8H2,1-3H3. The molecule has 1 saturated heterocycles. The Morgan fingerprint density at radius 3 is 2.41 bits per heavy atom. The van der Waals surface area contributed by atoms with Gasteiger partial charge in [0.15, 0.2) is 0 Å². The second-order valence-corrected chi connectivity index (χ2v) is 5.37. The molecule has 0 bridgehead atoms. The zero-order valence-corrected chi connectivity index (χ0v) is 10.4. The van der Waals surface area contributed by atoms with Crippen LogP contribution in [0.25, 0.3) is 0 Å². The van der Waals surface area contributed by atoms with E-state index in [0.717, 1.165) is 19.2 Å². The third-order valence-corrected chi connectivity index (χ3v) is 3.15. The van der Waals surface area contributed by atoms with Crippen LogP contribution in [0, 0.1) is 11.6 Å². The summed E-state index contributed by atoms with van der Waals surface area (Å²) in [5.74, 6) is -1.05. The monoisotopic (exact) mass is 240 g/mol. The van der Waals surface area contributed by atoms with E-state index in [4.69, 9.17) is 0 Å². The summed E-state index contributed by atoms with van der Waals surface area (Å²) in [4.78, 5) is 2.04. The van der Waals surface area contributed by atoms with Gasteiger partial charge in [0.2, 0.25) is 0 Å². The minimum Gasteiger partial charge on any atom is -0.366 e. The summed E-state index contributed by atoms with van der Waals surface area (Å²) in [7, 11) is 0. The maximum absolute atomic E-state index is 13.2. The van der Waals surface area contributed by atoms with E-state index in [-0.39, 0.29) is 11.6 Å². The summed E-state index contributed by atoms with van der Waals surface area (Å²) in [5, 5.41) is 3.41. The number of nitrogens with zero attached hydrogens (tertiary/aromatic N) is 1. The van der Waals surface area contributed by atoms with Crippen LogP contribution in [0.4, 0.5) is 14.5 Å². The van der Waals surface area contributed by atoms with Crippen LogP contribution in [0.3, 0.4) is 0 Å². The van der Waals surface area contributed by atoms with Crippen molar-refractivity contribution in [2.45, 2.75) is 32.4 Å². The normalized spacial score (nSPS) is 23.8. The lowest BCUT2D eigenvalue weighted by atomic mass is 9.98. The summed E-state index contributed by atoms with van der Waals surface area (Å²) in [5.41, 5.74) is 0.569.